The van der Waals surface area contributed by atoms with Gasteiger partial charge < -0.3 is 15.4 Å². The third kappa shape index (κ3) is 4.49. The highest BCUT2D eigenvalue weighted by Gasteiger charge is 2.20. The first-order valence-corrected chi connectivity index (χ1v) is 6.25. The Hall–Kier alpha value is -0.120. The Kier molecular flexibility index (Phi) is 6.22. The molecule has 0 saturated carbocycles. The molecule has 0 aliphatic carbocycles. The molecule has 1 unspecified atom stereocenters. The monoisotopic (exact) mass is 214 g/mol. The Morgan fingerprint density at radius 3 is 2.53 bits per heavy atom. The first-order valence-electron chi connectivity index (χ1n) is 6.25. The van der Waals surface area contributed by atoms with Crippen LogP contribution in [0.4, 0.5) is 0 Å². The number of hydrogen-bond acceptors (Lipinski definition) is 3. The van der Waals surface area contributed by atoms with Crippen molar-refractivity contribution in [1.82, 2.24) is 4.90 Å². The SMILES string of the molecule is CCCC1CCN(CC(CN)OC)CC1. The number of methoxy groups -OCH3 is 1. The van der Waals surface area contributed by atoms with Crippen LogP contribution in [-0.4, -0.2) is 44.3 Å². The molecular formula is C12H26N2O. The van der Waals surface area contributed by atoms with Crippen LogP contribution in [0.25, 0.3) is 0 Å². The van der Waals surface area contributed by atoms with Crippen LogP contribution in [-0.2, 0) is 4.74 Å². The van der Waals surface area contributed by atoms with Crippen LogP contribution in [0, 0.1) is 5.92 Å². The molecule has 90 valence electrons. The Morgan fingerprint density at radius 1 is 1.40 bits per heavy atom. The molecule has 3 heteroatoms. The number of nitrogens with zero attached hydrogens (tertiary/aromatic N) is 1. The van der Waals surface area contributed by atoms with Gasteiger partial charge in [0.25, 0.3) is 0 Å². The summed E-state index contributed by atoms with van der Waals surface area (Å²) in [5.74, 6) is 0.963. The average molecular weight is 214 g/mol. The molecule has 1 aliphatic rings. The summed E-state index contributed by atoms with van der Waals surface area (Å²) < 4.78 is 5.31. The molecule has 1 rings (SSSR count). The summed E-state index contributed by atoms with van der Waals surface area (Å²) in [6.45, 7) is 6.37. The van der Waals surface area contributed by atoms with Gasteiger partial charge in [-0.3, -0.25) is 0 Å². The van der Waals surface area contributed by atoms with E-state index in [9.17, 15) is 0 Å². The number of rotatable bonds is 6. The van der Waals surface area contributed by atoms with Gasteiger partial charge in [0.1, 0.15) is 0 Å². The van der Waals surface area contributed by atoms with Crippen molar-refractivity contribution in [3.05, 3.63) is 0 Å². The molecule has 0 spiro atoms. The first-order chi connectivity index (χ1) is 7.30. The van der Waals surface area contributed by atoms with E-state index < -0.39 is 0 Å². The van der Waals surface area contributed by atoms with Crippen LogP contribution in [0.5, 0.6) is 0 Å². The smallest absolute Gasteiger partial charge is 0.0820 e. The highest BCUT2D eigenvalue weighted by Crippen LogP contribution is 2.21. The van der Waals surface area contributed by atoms with Gasteiger partial charge >= 0.3 is 0 Å². The van der Waals surface area contributed by atoms with E-state index in [-0.39, 0.29) is 6.10 Å². The van der Waals surface area contributed by atoms with Crippen molar-refractivity contribution in [2.45, 2.75) is 38.7 Å². The Bertz CT molecular complexity index is 152. The van der Waals surface area contributed by atoms with Gasteiger partial charge in [0, 0.05) is 20.2 Å². The lowest BCUT2D eigenvalue weighted by Crippen LogP contribution is -2.41. The highest BCUT2D eigenvalue weighted by molar-refractivity contribution is 4.74. The minimum Gasteiger partial charge on any atom is -0.379 e. The Morgan fingerprint density at radius 2 is 2.07 bits per heavy atom. The molecule has 1 aliphatic heterocycles. The second-order valence-electron chi connectivity index (χ2n) is 4.63. The number of nitrogens with two attached hydrogens (primary N) is 1. The molecular weight excluding hydrogens is 188 g/mol. The van der Waals surface area contributed by atoms with Crippen LogP contribution in [0.3, 0.4) is 0 Å². The van der Waals surface area contributed by atoms with Crippen molar-refractivity contribution in [3.63, 3.8) is 0 Å². The van der Waals surface area contributed by atoms with E-state index in [1.807, 2.05) is 0 Å². The van der Waals surface area contributed by atoms with Crippen LogP contribution in [0.2, 0.25) is 0 Å². The Labute approximate surface area is 94.0 Å². The molecule has 3 nitrogen and oxygen atoms in total. The lowest BCUT2D eigenvalue weighted by atomic mass is 9.92. The van der Waals surface area contributed by atoms with Gasteiger partial charge in [0.05, 0.1) is 6.10 Å². The molecule has 1 saturated heterocycles. The maximum Gasteiger partial charge on any atom is 0.0820 e. The summed E-state index contributed by atoms with van der Waals surface area (Å²) in [6.07, 6.45) is 5.66. The molecule has 15 heavy (non-hydrogen) atoms. The van der Waals surface area contributed by atoms with Crippen molar-refractivity contribution < 1.29 is 4.74 Å². The van der Waals surface area contributed by atoms with E-state index in [1.165, 1.54) is 38.8 Å². The fourth-order valence-electron chi connectivity index (χ4n) is 2.40. The summed E-state index contributed by atoms with van der Waals surface area (Å²) in [7, 11) is 1.75. The number of hydrogen-bond donors (Lipinski definition) is 1. The molecule has 0 amide bonds. The molecule has 1 atom stereocenters. The maximum atomic E-state index is 5.62. The molecule has 2 N–H and O–H groups in total. The predicted octanol–water partition coefficient (Wildman–Crippen LogP) is 1.47. The fraction of sp³-hybridized carbons (Fsp3) is 1.00. The highest BCUT2D eigenvalue weighted by atomic mass is 16.5. The van der Waals surface area contributed by atoms with Crippen molar-refractivity contribution in [2.24, 2.45) is 11.7 Å². The standard InChI is InChI=1S/C12H26N2O/c1-3-4-11-5-7-14(8-6-11)10-12(9-13)15-2/h11-12H,3-10,13H2,1-2H3. The zero-order valence-corrected chi connectivity index (χ0v) is 10.2. The largest absolute Gasteiger partial charge is 0.379 e. The predicted molar refractivity (Wildman–Crippen MR) is 63.9 cm³/mol. The number of likely N-dealkylation sites (tertiary alicyclic amines) is 1. The third-order valence-corrected chi connectivity index (χ3v) is 3.46. The van der Waals surface area contributed by atoms with Gasteiger partial charge in [-0.15, -0.1) is 0 Å². The zero-order chi connectivity index (χ0) is 11.1. The maximum absolute atomic E-state index is 5.62. The van der Waals surface area contributed by atoms with Gasteiger partial charge in [0.15, 0.2) is 0 Å². The normalized spacial score (nSPS) is 21.8. The fourth-order valence-corrected chi connectivity index (χ4v) is 2.40. The molecule has 0 aromatic heterocycles. The van der Waals surface area contributed by atoms with Gasteiger partial charge in [-0.25, -0.2) is 0 Å². The molecule has 1 fully saturated rings. The summed E-state index contributed by atoms with van der Waals surface area (Å²) in [6, 6.07) is 0. The molecule has 0 radical (unpaired) electrons. The second-order valence-corrected chi connectivity index (χ2v) is 4.63. The van der Waals surface area contributed by atoms with Crippen molar-refractivity contribution in [2.75, 3.05) is 33.3 Å². The third-order valence-electron chi connectivity index (χ3n) is 3.46. The topological polar surface area (TPSA) is 38.5 Å². The van der Waals surface area contributed by atoms with Crippen LogP contribution >= 0.6 is 0 Å². The quantitative estimate of drug-likeness (QED) is 0.728. The van der Waals surface area contributed by atoms with Crippen molar-refractivity contribution in [3.8, 4) is 0 Å². The van der Waals surface area contributed by atoms with Crippen LogP contribution in [0.15, 0.2) is 0 Å². The molecule has 0 aromatic rings. The van der Waals surface area contributed by atoms with E-state index in [4.69, 9.17) is 10.5 Å². The summed E-state index contributed by atoms with van der Waals surface area (Å²) >= 11 is 0. The van der Waals surface area contributed by atoms with E-state index in [1.54, 1.807) is 7.11 Å². The van der Waals surface area contributed by atoms with Crippen molar-refractivity contribution in [1.29, 1.82) is 0 Å². The second kappa shape index (κ2) is 7.20. The van der Waals surface area contributed by atoms with Crippen LogP contribution < -0.4 is 5.73 Å². The van der Waals surface area contributed by atoms with E-state index in [0.717, 1.165) is 12.5 Å². The average Bonchev–Trinajstić information content (AvgIpc) is 2.28. The minimum absolute atomic E-state index is 0.215. The van der Waals surface area contributed by atoms with Gasteiger partial charge in [-0.1, -0.05) is 19.8 Å². The van der Waals surface area contributed by atoms with E-state index in [0.29, 0.717) is 6.54 Å². The zero-order valence-electron chi connectivity index (χ0n) is 10.2. The Balaban J connectivity index is 2.19. The lowest BCUT2D eigenvalue weighted by molar-refractivity contribution is 0.0558. The molecule has 0 bridgehead atoms. The first kappa shape index (κ1) is 12.9. The lowest BCUT2D eigenvalue weighted by Gasteiger charge is -2.33. The van der Waals surface area contributed by atoms with Crippen LogP contribution in [0.1, 0.15) is 32.6 Å². The van der Waals surface area contributed by atoms with Gasteiger partial charge in [-0.05, 0) is 31.8 Å². The molecule has 1 heterocycles. The van der Waals surface area contributed by atoms with Gasteiger partial charge in [-0.2, -0.15) is 0 Å². The van der Waals surface area contributed by atoms with E-state index >= 15 is 0 Å². The minimum atomic E-state index is 0.215. The summed E-state index contributed by atoms with van der Waals surface area (Å²) in [5.41, 5.74) is 5.62. The summed E-state index contributed by atoms with van der Waals surface area (Å²) in [4.78, 5) is 2.49. The van der Waals surface area contributed by atoms with Gasteiger partial charge in [0.2, 0.25) is 0 Å². The molecule has 0 aromatic carbocycles. The number of ether oxygens (including phenoxy) is 1. The van der Waals surface area contributed by atoms with E-state index in [2.05, 4.69) is 11.8 Å². The summed E-state index contributed by atoms with van der Waals surface area (Å²) in [5, 5.41) is 0. The van der Waals surface area contributed by atoms with Crippen molar-refractivity contribution >= 4 is 0 Å². The number of piperidine rings is 1.